The Morgan fingerprint density at radius 1 is 1.27 bits per heavy atom. The lowest BCUT2D eigenvalue weighted by Gasteiger charge is -2.11. The molecule has 1 unspecified atom stereocenters. The molecule has 0 heterocycles. The molecule has 1 rings (SSSR count). The number of halogens is 1. The van der Waals surface area contributed by atoms with Crippen LogP contribution in [0.4, 0.5) is 0 Å². The molecule has 15 heavy (non-hydrogen) atoms. The zero-order chi connectivity index (χ0) is 10.4. The zero-order valence-electron chi connectivity index (χ0n) is 9.10. The van der Waals surface area contributed by atoms with Gasteiger partial charge in [0.05, 0.1) is 19.3 Å². The maximum absolute atomic E-state index is 5.86. The van der Waals surface area contributed by atoms with Crippen molar-refractivity contribution in [2.24, 2.45) is 5.73 Å². The summed E-state index contributed by atoms with van der Waals surface area (Å²) in [4.78, 5) is 0. The summed E-state index contributed by atoms with van der Waals surface area (Å²) in [6.07, 6.45) is 0. The van der Waals surface area contributed by atoms with Crippen LogP contribution in [-0.4, -0.2) is 20.3 Å². The summed E-state index contributed by atoms with van der Waals surface area (Å²) < 4.78 is 10.3. The minimum atomic E-state index is -0.0596. The second-order valence-corrected chi connectivity index (χ2v) is 3.06. The van der Waals surface area contributed by atoms with Gasteiger partial charge in [-0.1, -0.05) is 12.1 Å². The van der Waals surface area contributed by atoms with Gasteiger partial charge >= 0.3 is 0 Å². The Morgan fingerprint density at radius 3 is 2.33 bits per heavy atom. The lowest BCUT2D eigenvalue weighted by Crippen LogP contribution is -2.15. The first-order valence-electron chi connectivity index (χ1n) is 4.75. The molecule has 1 atom stereocenters. The van der Waals surface area contributed by atoms with E-state index in [9.17, 15) is 0 Å². The standard InChI is InChI=1S/C11H17NO2.ClH/c1-3-14-10-6-4-9(5-7-10)11(12)8-13-2;/h4-7,11H,3,8,12H2,1-2H3;1H. The van der Waals surface area contributed by atoms with E-state index >= 15 is 0 Å². The number of hydrogen-bond donors (Lipinski definition) is 1. The molecular formula is C11H18ClNO2. The molecule has 3 nitrogen and oxygen atoms in total. The molecule has 1 aromatic rings. The van der Waals surface area contributed by atoms with E-state index in [4.69, 9.17) is 15.2 Å². The fourth-order valence-electron chi connectivity index (χ4n) is 1.25. The first-order valence-corrected chi connectivity index (χ1v) is 4.75. The average molecular weight is 232 g/mol. The third kappa shape index (κ3) is 4.51. The molecule has 0 aliphatic rings. The maximum atomic E-state index is 5.86. The second kappa shape index (κ2) is 7.51. The first-order chi connectivity index (χ1) is 6.77. The predicted octanol–water partition coefficient (Wildman–Crippen LogP) is 2.15. The van der Waals surface area contributed by atoms with Gasteiger partial charge < -0.3 is 15.2 Å². The summed E-state index contributed by atoms with van der Waals surface area (Å²) in [5.74, 6) is 0.876. The molecule has 2 N–H and O–H groups in total. The Morgan fingerprint density at radius 2 is 1.87 bits per heavy atom. The van der Waals surface area contributed by atoms with E-state index in [2.05, 4.69) is 0 Å². The second-order valence-electron chi connectivity index (χ2n) is 3.06. The number of methoxy groups -OCH3 is 1. The monoisotopic (exact) mass is 231 g/mol. The van der Waals surface area contributed by atoms with E-state index < -0.39 is 0 Å². The van der Waals surface area contributed by atoms with Gasteiger partial charge in [0, 0.05) is 7.11 Å². The maximum Gasteiger partial charge on any atom is 0.119 e. The highest BCUT2D eigenvalue weighted by Gasteiger charge is 2.04. The molecule has 0 saturated carbocycles. The van der Waals surface area contributed by atoms with Crippen molar-refractivity contribution >= 4 is 12.4 Å². The summed E-state index contributed by atoms with van der Waals surface area (Å²) in [6.45, 7) is 3.18. The number of hydrogen-bond acceptors (Lipinski definition) is 3. The first kappa shape index (κ1) is 14.2. The van der Waals surface area contributed by atoms with Crippen molar-refractivity contribution in [2.75, 3.05) is 20.3 Å². The molecule has 1 aromatic carbocycles. The van der Waals surface area contributed by atoms with Crippen molar-refractivity contribution in [2.45, 2.75) is 13.0 Å². The van der Waals surface area contributed by atoms with Crippen LogP contribution in [0.3, 0.4) is 0 Å². The smallest absolute Gasteiger partial charge is 0.119 e. The molecule has 86 valence electrons. The minimum Gasteiger partial charge on any atom is -0.494 e. The van der Waals surface area contributed by atoms with E-state index in [1.54, 1.807) is 7.11 Å². The Balaban J connectivity index is 0.00000196. The molecule has 0 fully saturated rings. The normalized spacial score (nSPS) is 11.7. The lowest BCUT2D eigenvalue weighted by molar-refractivity contribution is 0.181. The van der Waals surface area contributed by atoms with Crippen LogP contribution in [0.5, 0.6) is 5.75 Å². The van der Waals surface area contributed by atoms with Crippen molar-refractivity contribution in [3.63, 3.8) is 0 Å². The summed E-state index contributed by atoms with van der Waals surface area (Å²) >= 11 is 0. The van der Waals surface area contributed by atoms with Gasteiger partial charge in [0.15, 0.2) is 0 Å². The summed E-state index contributed by atoms with van der Waals surface area (Å²) in [6, 6.07) is 7.72. The predicted molar refractivity (Wildman–Crippen MR) is 63.7 cm³/mol. The lowest BCUT2D eigenvalue weighted by atomic mass is 10.1. The van der Waals surface area contributed by atoms with E-state index in [-0.39, 0.29) is 18.4 Å². The average Bonchev–Trinajstić information content (AvgIpc) is 2.20. The van der Waals surface area contributed by atoms with Gasteiger partial charge in [-0.2, -0.15) is 0 Å². The number of rotatable bonds is 5. The molecular weight excluding hydrogens is 214 g/mol. The van der Waals surface area contributed by atoms with Gasteiger partial charge in [0.25, 0.3) is 0 Å². The van der Waals surface area contributed by atoms with Gasteiger partial charge in [-0.3, -0.25) is 0 Å². The Kier molecular flexibility index (Phi) is 7.13. The molecule has 4 heteroatoms. The number of ether oxygens (including phenoxy) is 2. The van der Waals surface area contributed by atoms with Gasteiger partial charge in [-0.15, -0.1) is 12.4 Å². The molecule has 0 saturated heterocycles. The van der Waals surface area contributed by atoms with Crippen LogP contribution in [0.1, 0.15) is 18.5 Å². The topological polar surface area (TPSA) is 44.5 Å². The summed E-state index contributed by atoms with van der Waals surface area (Å²) in [5.41, 5.74) is 6.93. The highest BCUT2D eigenvalue weighted by molar-refractivity contribution is 5.85. The van der Waals surface area contributed by atoms with E-state index in [0.717, 1.165) is 11.3 Å². The highest BCUT2D eigenvalue weighted by Crippen LogP contribution is 2.16. The Bertz CT molecular complexity index is 264. The van der Waals surface area contributed by atoms with Crippen LogP contribution < -0.4 is 10.5 Å². The van der Waals surface area contributed by atoms with Crippen LogP contribution in [-0.2, 0) is 4.74 Å². The van der Waals surface area contributed by atoms with Gasteiger partial charge in [-0.25, -0.2) is 0 Å². The summed E-state index contributed by atoms with van der Waals surface area (Å²) in [7, 11) is 1.65. The molecule has 0 amide bonds. The third-order valence-corrected chi connectivity index (χ3v) is 1.97. The molecule has 0 radical (unpaired) electrons. The van der Waals surface area contributed by atoms with Gasteiger partial charge in [0.1, 0.15) is 5.75 Å². The molecule has 0 aromatic heterocycles. The Labute approximate surface area is 97.0 Å². The third-order valence-electron chi connectivity index (χ3n) is 1.97. The highest BCUT2D eigenvalue weighted by atomic mass is 35.5. The van der Waals surface area contributed by atoms with Crippen molar-refractivity contribution in [3.8, 4) is 5.75 Å². The van der Waals surface area contributed by atoms with Crippen LogP contribution in [0.25, 0.3) is 0 Å². The van der Waals surface area contributed by atoms with Crippen LogP contribution >= 0.6 is 12.4 Å². The van der Waals surface area contributed by atoms with E-state index in [0.29, 0.717) is 13.2 Å². The molecule has 0 spiro atoms. The quantitative estimate of drug-likeness (QED) is 0.845. The van der Waals surface area contributed by atoms with Crippen molar-refractivity contribution in [3.05, 3.63) is 29.8 Å². The number of benzene rings is 1. The van der Waals surface area contributed by atoms with Crippen LogP contribution in [0, 0.1) is 0 Å². The van der Waals surface area contributed by atoms with Crippen LogP contribution in [0.15, 0.2) is 24.3 Å². The molecule has 0 aliphatic heterocycles. The van der Waals surface area contributed by atoms with Crippen molar-refractivity contribution < 1.29 is 9.47 Å². The van der Waals surface area contributed by atoms with Crippen molar-refractivity contribution in [1.29, 1.82) is 0 Å². The fourth-order valence-corrected chi connectivity index (χ4v) is 1.25. The van der Waals surface area contributed by atoms with E-state index in [1.165, 1.54) is 0 Å². The van der Waals surface area contributed by atoms with E-state index in [1.807, 2.05) is 31.2 Å². The fraction of sp³-hybridized carbons (Fsp3) is 0.455. The molecule has 0 bridgehead atoms. The summed E-state index contributed by atoms with van der Waals surface area (Å²) in [5, 5.41) is 0. The Hall–Kier alpha value is -0.770. The molecule has 0 aliphatic carbocycles. The van der Waals surface area contributed by atoms with Crippen molar-refractivity contribution in [1.82, 2.24) is 0 Å². The van der Waals surface area contributed by atoms with Crippen LogP contribution in [0.2, 0.25) is 0 Å². The largest absolute Gasteiger partial charge is 0.494 e. The number of nitrogens with two attached hydrogens (primary N) is 1. The SMILES string of the molecule is CCOc1ccc(C(N)COC)cc1.Cl. The van der Waals surface area contributed by atoms with Gasteiger partial charge in [-0.05, 0) is 24.6 Å². The van der Waals surface area contributed by atoms with Gasteiger partial charge in [0.2, 0.25) is 0 Å². The zero-order valence-corrected chi connectivity index (χ0v) is 9.92. The minimum absolute atomic E-state index is 0.